The molecular formula is C20H12F2O3. The molecule has 124 valence electrons. The summed E-state index contributed by atoms with van der Waals surface area (Å²) in [5.41, 5.74) is 0.957. The van der Waals surface area contributed by atoms with E-state index in [1.165, 1.54) is 72.8 Å². The Labute approximate surface area is 142 Å². The van der Waals surface area contributed by atoms with Crippen LogP contribution in [0.5, 0.6) is 5.75 Å². The number of hydrogen-bond donors (Lipinski definition) is 0. The van der Waals surface area contributed by atoms with E-state index in [1.54, 1.807) is 0 Å². The maximum atomic E-state index is 12.9. The second kappa shape index (κ2) is 7.05. The Hall–Kier alpha value is -3.34. The van der Waals surface area contributed by atoms with Gasteiger partial charge in [0.15, 0.2) is 5.78 Å². The van der Waals surface area contributed by atoms with Gasteiger partial charge in [0.05, 0.1) is 5.56 Å². The zero-order valence-corrected chi connectivity index (χ0v) is 12.9. The zero-order valence-electron chi connectivity index (χ0n) is 12.9. The van der Waals surface area contributed by atoms with Gasteiger partial charge >= 0.3 is 5.97 Å². The van der Waals surface area contributed by atoms with Crippen LogP contribution in [0.15, 0.2) is 72.8 Å². The van der Waals surface area contributed by atoms with Crippen molar-refractivity contribution in [3.63, 3.8) is 0 Å². The van der Waals surface area contributed by atoms with Crippen molar-refractivity contribution >= 4 is 11.8 Å². The van der Waals surface area contributed by atoms with Crippen molar-refractivity contribution < 1.29 is 23.1 Å². The molecule has 0 unspecified atom stereocenters. The Morgan fingerprint density at radius 1 is 0.600 bits per heavy atom. The van der Waals surface area contributed by atoms with Crippen LogP contribution in [0.25, 0.3) is 0 Å². The van der Waals surface area contributed by atoms with Crippen LogP contribution < -0.4 is 4.74 Å². The number of esters is 1. The van der Waals surface area contributed by atoms with E-state index in [0.29, 0.717) is 11.1 Å². The van der Waals surface area contributed by atoms with Crippen LogP contribution in [-0.4, -0.2) is 11.8 Å². The lowest BCUT2D eigenvalue weighted by atomic mass is 10.0. The molecule has 3 nitrogen and oxygen atoms in total. The van der Waals surface area contributed by atoms with E-state index in [-0.39, 0.29) is 17.1 Å². The average molecular weight is 338 g/mol. The van der Waals surface area contributed by atoms with Crippen molar-refractivity contribution in [2.24, 2.45) is 0 Å². The maximum absolute atomic E-state index is 12.9. The van der Waals surface area contributed by atoms with Gasteiger partial charge in [0.2, 0.25) is 0 Å². The molecule has 5 heteroatoms. The number of hydrogen-bond acceptors (Lipinski definition) is 3. The zero-order chi connectivity index (χ0) is 17.8. The first-order chi connectivity index (χ1) is 12.0. The number of carbonyl (C=O) groups is 2. The number of ketones is 1. The fourth-order valence-corrected chi connectivity index (χ4v) is 2.19. The molecule has 0 spiro atoms. The predicted molar refractivity (Wildman–Crippen MR) is 87.6 cm³/mol. The lowest BCUT2D eigenvalue weighted by Gasteiger charge is -2.06. The second-order valence-corrected chi connectivity index (χ2v) is 5.26. The highest BCUT2D eigenvalue weighted by molar-refractivity contribution is 6.09. The normalized spacial score (nSPS) is 10.3. The highest BCUT2D eigenvalue weighted by Crippen LogP contribution is 2.17. The standard InChI is InChI=1S/C20H12F2O3/c21-16-7-1-13(2-8-16)19(23)14-5-11-18(12-6-14)25-20(24)15-3-9-17(22)10-4-15/h1-12H. The minimum absolute atomic E-state index is 0.216. The topological polar surface area (TPSA) is 43.4 Å². The van der Waals surface area contributed by atoms with Crippen LogP contribution in [0, 0.1) is 11.6 Å². The molecule has 3 aromatic rings. The summed E-state index contributed by atoms with van der Waals surface area (Å²) in [5.74, 6) is -1.50. The molecule has 0 aromatic heterocycles. The molecule has 0 saturated heterocycles. The number of ether oxygens (including phenoxy) is 1. The summed E-state index contributed by atoms with van der Waals surface area (Å²) in [6.07, 6.45) is 0. The van der Waals surface area contributed by atoms with Gasteiger partial charge in [0.25, 0.3) is 0 Å². The molecule has 0 aliphatic heterocycles. The lowest BCUT2D eigenvalue weighted by molar-refractivity contribution is 0.0734. The van der Waals surface area contributed by atoms with Crippen LogP contribution in [0.4, 0.5) is 8.78 Å². The first-order valence-corrected chi connectivity index (χ1v) is 7.41. The van der Waals surface area contributed by atoms with Crippen LogP contribution in [0.2, 0.25) is 0 Å². The minimum atomic E-state index is -0.627. The highest BCUT2D eigenvalue weighted by atomic mass is 19.1. The highest BCUT2D eigenvalue weighted by Gasteiger charge is 2.11. The summed E-state index contributed by atoms with van der Waals surface area (Å²) in [6.45, 7) is 0. The van der Waals surface area contributed by atoms with E-state index < -0.39 is 17.6 Å². The van der Waals surface area contributed by atoms with Gasteiger partial charge in [-0.3, -0.25) is 4.79 Å². The largest absolute Gasteiger partial charge is 0.423 e. The molecule has 0 atom stereocenters. The number of rotatable bonds is 4. The maximum Gasteiger partial charge on any atom is 0.343 e. The van der Waals surface area contributed by atoms with Crippen molar-refractivity contribution in [3.05, 3.63) is 101 Å². The Morgan fingerprint density at radius 3 is 1.48 bits per heavy atom. The fourth-order valence-electron chi connectivity index (χ4n) is 2.19. The van der Waals surface area contributed by atoms with Crippen molar-refractivity contribution in [1.29, 1.82) is 0 Å². The van der Waals surface area contributed by atoms with Crippen LogP contribution >= 0.6 is 0 Å². The van der Waals surface area contributed by atoms with Crippen molar-refractivity contribution in [2.45, 2.75) is 0 Å². The molecule has 0 amide bonds. The lowest BCUT2D eigenvalue weighted by Crippen LogP contribution is -2.08. The third-order valence-corrected chi connectivity index (χ3v) is 3.51. The number of halogens is 2. The summed E-state index contributed by atoms with van der Waals surface area (Å²) in [7, 11) is 0. The molecular weight excluding hydrogens is 326 g/mol. The summed E-state index contributed by atoms with van der Waals surface area (Å²) in [6, 6.07) is 16.2. The van der Waals surface area contributed by atoms with Crippen LogP contribution in [-0.2, 0) is 0 Å². The first-order valence-electron chi connectivity index (χ1n) is 7.41. The third kappa shape index (κ3) is 3.95. The van der Waals surface area contributed by atoms with Gasteiger partial charge in [-0.2, -0.15) is 0 Å². The molecule has 25 heavy (non-hydrogen) atoms. The molecule has 0 fully saturated rings. The van der Waals surface area contributed by atoms with Crippen molar-refractivity contribution in [1.82, 2.24) is 0 Å². The summed E-state index contributed by atoms with van der Waals surface area (Å²) < 4.78 is 30.9. The monoisotopic (exact) mass is 338 g/mol. The summed E-state index contributed by atoms with van der Waals surface area (Å²) >= 11 is 0. The van der Waals surface area contributed by atoms with E-state index in [1.807, 2.05) is 0 Å². The van der Waals surface area contributed by atoms with Crippen LogP contribution in [0.1, 0.15) is 26.3 Å². The van der Waals surface area contributed by atoms with Gasteiger partial charge in [-0.05, 0) is 72.8 Å². The SMILES string of the molecule is O=C(Oc1ccc(C(=O)c2ccc(F)cc2)cc1)c1ccc(F)cc1. The van der Waals surface area contributed by atoms with E-state index in [4.69, 9.17) is 4.74 Å². The van der Waals surface area contributed by atoms with Gasteiger partial charge in [-0.25, -0.2) is 13.6 Å². The predicted octanol–water partition coefficient (Wildman–Crippen LogP) is 4.42. The Kier molecular flexibility index (Phi) is 4.66. The first kappa shape index (κ1) is 16.5. The molecule has 0 heterocycles. The summed E-state index contributed by atoms with van der Waals surface area (Å²) in [4.78, 5) is 24.2. The molecule has 0 aliphatic rings. The molecule has 0 N–H and O–H groups in total. The third-order valence-electron chi connectivity index (χ3n) is 3.51. The Bertz CT molecular complexity index is 899. The van der Waals surface area contributed by atoms with Gasteiger partial charge < -0.3 is 4.74 Å². The van der Waals surface area contributed by atoms with E-state index in [9.17, 15) is 18.4 Å². The molecule has 3 rings (SSSR count). The van der Waals surface area contributed by atoms with Gasteiger partial charge in [-0.15, -0.1) is 0 Å². The van der Waals surface area contributed by atoms with Gasteiger partial charge in [0, 0.05) is 11.1 Å². The molecule has 0 saturated carbocycles. The smallest absolute Gasteiger partial charge is 0.343 e. The second-order valence-electron chi connectivity index (χ2n) is 5.26. The van der Waals surface area contributed by atoms with Gasteiger partial charge in [-0.1, -0.05) is 0 Å². The Balaban J connectivity index is 1.71. The molecule has 0 aliphatic carbocycles. The quantitative estimate of drug-likeness (QED) is 0.402. The fraction of sp³-hybridized carbons (Fsp3) is 0. The molecule has 0 bridgehead atoms. The Morgan fingerprint density at radius 2 is 1.00 bits per heavy atom. The summed E-state index contributed by atoms with van der Waals surface area (Å²) in [5, 5.41) is 0. The van der Waals surface area contributed by atoms with Crippen molar-refractivity contribution in [2.75, 3.05) is 0 Å². The number of carbonyl (C=O) groups excluding carboxylic acids is 2. The van der Waals surface area contributed by atoms with Crippen LogP contribution in [0.3, 0.4) is 0 Å². The molecule has 0 radical (unpaired) electrons. The van der Waals surface area contributed by atoms with Gasteiger partial charge in [0.1, 0.15) is 17.4 Å². The average Bonchev–Trinajstić information content (AvgIpc) is 2.63. The number of benzene rings is 3. The van der Waals surface area contributed by atoms with E-state index in [0.717, 1.165) is 0 Å². The van der Waals surface area contributed by atoms with Crippen molar-refractivity contribution in [3.8, 4) is 5.75 Å². The van der Waals surface area contributed by atoms with E-state index >= 15 is 0 Å². The molecule has 3 aromatic carbocycles. The minimum Gasteiger partial charge on any atom is -0.423 e. The van der Waals surface area contributed by atoms with E-state index in [2.05, 4.69) is 0 Å².